The molecule has 8 heteroatoms. The fourth-order valence-corrected chi connectivity index (χ4v) is 2.43. The van der Waals surface area contributed by atoms with Crippen molar-refractivity contribution >= 4 is 40.8 Å². The van der Waals surface area contributed by atoms with Crippen LogP contribution in [-0.2, 0) is 4.79 Å². The molecule has 6 nitrogen and oxygen atoms in total. The number of halogens is 1. The van der Waals surface area contributed by atoms with Gasteiger partial charge in [-0.2, -0.15) is 0 Å². The molecule has 1 aromatic heterocycles. The lowest BCUT2D eigenvalue weighted by molar-refractivity contribution is -0.113. The number of carbonyl (C=O) groups excluding carboxylic acids is 1. The first-order valence-electron chi connectivity index (χ1n) is 5.99. The number of aryl methyl sites for hydroxylation is 1. The first-order chi connectivity index (χ1) is 9.94. The average Bonchev–Trinajstić information content (AvgIpc) is 2.40. The highest BCUT2D eigenvalue weighted by Crippen LogP contribution is 2.21. The quantitative estimate of drug-likeness (QED) is 0.590. The predicted molar refractivity (Wildman–Crippen MR) is 84.8 cm³/mol. The second-order valence-corrected chi connectivity index (χ2v) is 5.67. The molecule has 1 amide bonds. The Labute approximate surface area is 130 Å². The molecule has 0 saturated carbocycles. The molecule has 0 spiro atoms. The third kappa shape index (κ3) is 4.51. The monoisotopic (exact) mass is 324 g/mol. The number of nitrogen functional groups attached to an aromatic ring is 1. The normalized spacial score (nSPS) is 10.4. The van der Waals surface area contributed by atoms with Gasteiger partial charge in [-0.25, -0.2) is 4.98 Å². The molecule has 0 saturated heterocycles. The zero-order valence-corrected chi connectivity index (χ0v) is 12.7. The molecule has 0 aliphatic carbocycles. The van der Waals surface area contributed by atoms with Gasteiger partial charge in [-0.15, -0.1) is 0 Å². The lowest BCUT2D eigenvalue weighted by Gasteiger charge is -2.08. The molecule has 110 valence electrons. The van der Waals surface area contributed by atoms with Gasteiger partial charge < -0.3 is 16.0 Å². The van der Waals surface area contributed by atoms with Crippen molar-refractivity contribution in [2.45, 2.75) is 12.1 Å². The summed E-state index contributed by atoms with van der Waals surface area (Å²) in [5.74, 6) is -0.0130. The number of rotatable bonds is 4. The Hall–Kier alpha value is -1.99. The van der Waals surface area contributed by atoms with Crippen molar-refractivity contribution in [3.8, 4) is 0 Å². The van der Waals surface area contributed by atoms with E-state index >= 15 is 0 Å². The highest BCUT2D eigenvalue weighted by Gasteiger charge is 2.08. The van der Waals surface area contributed by atoms with Gasteiger partial charge in [-0.3, -0.25) is 9.59 Å². The lowest BCUT2D eigenvalue weighted by Crippen LogP contribution is -2.16. The molecule has 1 aromatic carbocycles. The number of aromatic nitrogens is 2. The first-order valence-corrected chi connectivity index (χ1v) is 7.36. The largest absolute Gasteiger partial charge is 0.383 e. The Morgan fingerprint density at radius 1 is 1.48 bits per heavy atom. The van der Waals surface area contributed by atoms with E-state index in [1.165, 1.54) is 6.07 Å². The molecule has 0 radical (unpaired) electrons. The van der Waals surface area contributed by atoms with Gasteiger partial charge in [0.25, 0.3) is 5.56 Å². The number of anilines is 2. The smallest absolute Gasteiger partial charge is 0.253 e. The minimum Gasteiger partial charge on any atom is -0.383 e. The number of H-pyrrole nitrogens is 1. The summed E-state index contributed by atoms with van der Waals surface area (Å²) in [6, 6.07) is 6.43. The van der Waals surface area contributed by atoms with Crippen LogP contribution < -0.4 is 16.6 Å². The van der Waals surface area contributed by atoms with Crippen LogP contribution in [0.5, 0.6) is 0 Å². The second-order valence-electron chi connectivity index (χ2n) is 4.27. The van der Waals surface area contributed by atoms with E-state index in [9.17, 15) is 9.59 Å². The van der Waals surface area contributed by atoms with Crippen LogP contribution in [0.3, 0.4) is 0 Å². The Morgan fingerprint density at radius 2 is 2.24 bits per heavy atom. The van der Waals surface area contributed by atoms with Crippen molar-refractivity contribution in [2.75, 3.05) is 16.8 Å². The van der Waals surface area contributed by atoms with Gasteiger partial charge in [0, 0.05) is 16.8 Å². The third-order valence-electron chi connectivity index (χ3n) is 2.55. The van der Waals surface area contributed by atoms with Crippen LogP contribution in [-0.4, -0.2) is 21.6 Å². The van der Waals surface area contributed by atoms with Gasteiger partial charge in [0.05, 0.1) is 5.75 Å². The number of nitrogens with zero attached hydrogens (tertiary/aromatic N) is 1. The molecular weight excluding hydrogens is 312 g/mol. The van der Waals surface area contributed by atoms with Gasteiger partial charge in [-0.05, 0) is 24.6 Å². The highest BCUT2D eigenvalue weighted by molar-refractivity contribution is 7.99. The van der Waals surface area contributed by atoms with Crippen LogP contribution in [0.1, 0.15) is 5.56 Å². The van der Waals surface area contributed by atoms with Crippen LogP contribution in [0.4, 0.5) is 11.5 Å². The molecule has 21 heavy (non-hydrogen) atoms. The van der Waals surface area contributed by atoms with Gasteiger partial charge in [-0.1, -0.05) is 29.4 Å². The first kappa shape index (κ1) is 15.4. The molecule has 0 fully saturated rings. The fraction of sp³-hybridized carbons (Fsp3) is 0.154. The van der Waals surface area contributed by atoms with E-state index < -0.39 is 0 Å². The fourth-order valence-electron chi connectivity index (χ4n) is 1.57. The zero-order chi connectivity index (χ0) is 15.4. The summed E-state index contributed by atoms with van der Waals surface area (Å²) in [7, 11) is 0. The molecular formula is C13H13ClN4O2S. The van der Waals surface area contributed by atoms with Gasteiger partial charge >= 0.3 is 0 Å². The number of nitrogens with two attached hydrogens (primary N) is 1. The van der Waals surface area contributed by atoms with Crippen molar-refractivity contribution in [2.24, 2.45) is 0 Å². The summed E-state index contributed by atoms with van der Waals surface area (Å²) < 4.78 is 0. The summed E-state index contributed by atoms with van der Waals surface area (Å²) in [6.07, 6.45) is 0. The summed E-state index contributed by atoms with van der Waals surface area (Å²) in [5.41, 5.74) is 6.68. The Morgan fingerprint density at radius 3 is 2.95 bits per heavy atom. The van der Waals surface area contributed by atoms with Crippen LogP contribution in [0, 0.1) is 6.92 Å². The van der Waals surface area contributed by atoms with E-state index in [2.05, 4.69) is 15.3 Å². The van der Waals surface area contributed by atoms with E-state index in [1.807, 2.05) is 13.0 Å². The standard InChI is InChI=1S/C13H13ClN4O2S/c1-7-2-3-8(14)4-9(7)16-12(20)6-21-13-17-10(15)5-11(19)18-13/h2-5H,6H2,1H3,(H,16,20)(H3,15,17,18,19). The maximum atomic E-state index is 11.9. The molecule has 0 unspecified atom stereocenters. The number of carbonyl (C=O) groups is 1. The minimum absolute atomic E-state index is 0.0956. The van der Waals surface area contributed by atoms with Crippen LogP contribution in [0.2, 0.25) is 5.02 Å². The number of nitrogens with one attached hydrogen (secondary N) is 2. The van der Waals surface area contributed by atoms with Crippen LogP contribution in [0.25, 0.3) is 0 Å². The SMILES string of the molecule is Cc1ccc(Cl)cc1NC(=O)CSc1nc(N)cc(=O)[nH]1. The highest BCUT2D eigenvalue weighted by atomic mass is 35.5. The number of thioether (sulfide) groups is 1. The van der Waals surface area contributed by atoms with Crippen molar-refractivity contribution in [3.05, 3.63) is 45.2 Å². The summed E-state index contributed by atoms with van der Waals surface area (Å²) in [4.78, 5) is 29.5. The van der Waals surface area contributed by atoms with E-state index in [0.29, 0.717) is 15.9 Å². The molecule has 0 aliphatic rings. The van der Waals surface area contributed by atoms with E-state index in [-0.39, 0.29) is 23.0 Å². The lowest BCUT2D eigenvalue weighted by atomic mass is 10.2. The second kappa shape index (κ2) is 6.64. The molecule has 0 bridgehead atoms. The van der Waals surface area contributed by atoms with Gasteiger partial charge in [0.2, 0.25) is 5.91 Å². The molecule has 4 N–H and O–H groups in total. The predicted octanol–water partition coefficient (Wildman–Crippen LogP) is 2.04. The Balaban J connectivity index is 1.99. The van der Waals surface area contributed by atoms with Crippen molar-refractivity contribution in [3.63, 3.8) is 0 Å². The Bertz CT molecular complexity index is 732. The number of benzene rings is 1. The number of amides is 1. The van der Waals surface area contributed by atoms with Gasteiger partial charge in [0.15, 0.2) is 5.16 Å². The summed E-state index contributed by atoms with van der Waals surface area (Å²) in [5, 5.41) is 3.61. The minimum atomic E-state index is -0.351. The number of aromatic amines is 1. The Kier molecular flexibility index (Phi) is 4.87. The summed E-state index contributed by atoms with van der Waals surface area (Å²) in [6.45, 7) is 1.87. The van der Waals surface area contributed by atoms with E-state index in [1.54, 1.807) is 12.1 Å². The van der Waals surface area contributed by atoms with E-state index in [4.69, 9.17) is 17.3 Å². The molecule has 2 rings (SSSR count). The number of hydrogen-bond acceptors (Lipinski definition) is 5. The topological polar surface area (TPSA) is 101 Å². The molecule has 0 atom stereocenters. The number of hydrogen-bond donors (Lipinski definition) is 3. The molecule has 1 heterocycles. The molecule has 0 aliphatic heterocycles. The third-order valence-corrected chi connectivity index (χ3v) is 3.66. The summed E-state index contributed by atoms with van der Waals surface area (Å²) >= 11 is 6.98. The average molecular weight is 325 g/mol. The molecule has 2 aromatic rings. The maximum Gasteiger partial charge on any atom is 0.253 e. The van der Waals surface area contributed by atoms with Crippen molar-refractivity contribution < 1.29 is 4.79 Å². The zero-order valence-electron chi connectivity index (χ0n) is 11.1. The van der Waals surface area contributed by atoms with Gasteiger partial charge in [0.1, 0.15) is 5.82 Å². The van der Waals surface area contributed by atoms with Crippen molar-refractivity contribution in [1.82, 2.24) is 9.97 Å². The van der Waals surface area contributed by atoms with Crippen molar-refractivity contribution in [1.29, 1.82) is 0 Å². The van der Waals surface area contributed by atoms with Crippen LogP contribution >= 0.6 is 23.4 Å². The van der Waals surface area contributed by atoms with Crippen LogP contribution in [0.15, 0.2) is 34.2 Å². The maximum absolute atomic E-state index is 11.9. The van der Waals surface area contributed by atoms with E-state index in [0.717, 1.165) is 17.3 Å².